The van der Waals surface area contributed by atoms with Crippen LogP contribution in [0.25, 0.3) is 10.4 Å². The molecule has 0 saturated heterocycles. The zero-order valence-corrected chi connectivity index (χ0v) is 13.9. The van der Waals surface area contributed by atoms with Gasteiger partial charge in [-0.25, -0.2) is 0 Å². The number of amides is 1. The van der Waals surface area contributed by atoms with Gasteiger partial charge in [-0.2, -0.15) is 0 Å². The molecule has 1 aromatic heterocycles. The Kier molecular flexibility index (Phi) is 4.98. The van der Waals surface area contributed by atoms with Crippen molar-refractivity contribution in [1.29, 1.82) is 0 Å². The topological polar surface area (TPSA) is 58.6 Å². The molecular weight excluding hydrogens is 310 g/mol. The van der Waals surface area contributed by atoms with Crippen molar-refractivity contribution in [1.82, 2.24) is 5.32 Å². The maximum absolute atomic E-state index is 12.6. The number of methoxy groups -OCH3 is 1. The zero-order valence-electron chi connectivity index (χ0n) is 13.1. The van der Waals surface area contributed by atoms with E-state index in [4.69, 9.17) is 4.74 Å². The summed E-state index contributed by atoms with van der Waals surface area (Å²) in [5, 5.41) is 12.2. The molecule has 0 radical (unpaired) electrons. The highest BCUT2D eigenvalue weighted by molar-refractivity contribution is 7.17. The van der Waals surface area contributed by atoms with E-state index in [1.54, 1.807) is 7.11 Å². The van der Waals surface area contributed by atoms with E-state index in [1.807, 2.05) is 36.4 Å². The summed E-state index contributed by atoms with van der Waals surface area (Å²) in [6.45, 7) is 0.0955. The summed E-state index contributed by atoms with van der Waals surface area (Å²) >= 11 is 1.44. The van der Waals surface area contributed by atoms with Gasteiger partial charge in [0.15, 0.2) is 0 Å². The lowest BCUT2D eigenvalue weighted by Crippen LogP contribution is -2.36. The minimum Gasteiger partial charge on any atom is -0.495 e. The van der Waals surface area contributed by atoms with Gasteiger partial charge >= 0.3 is 0 Å². The summed E-state index contributed by atoms with van der Waals surface area (Å²) in [4.78, 5) is 14.2. The van der Waals surface area contributed by atoms with Gasteiger partial charge < -0.3 is 15.2 Å². The van der Waals surface area contributed by atoms with Crippen molar-refractivity contribution in [3.8, 4) is 16.2 Å². The standard InChI is InChI=1S/C18H21NO3S/c1-22-15-11-16(13-5-3-2-4-6-13)23-17(15)18(21)19-14(9-10-20)12-7-8-12/h2-6,11-12,14,20H,7-10H2,1H3,(H,19,21). The predicted molar refractivity (Wildman–Crippen MR) is 92.0 cm³/mol. The number of nitrogens with one attached hydrogen (secondary N) is 1. The lowest BCUT2D eigenvalue weighted by Gasteiger charge is -2.16. The van der Waals surface area contributed by atoms with E-state index in [1.165, 1.54) is 11.3 Å². The molecule has 2 aromatic rings. The van der Waals surface area contributed by atoms with Gasteiger partial charge in [0, 0.05) is 17.5 Å². The Labute approximate surface area is 140 Å². The predicted octanol–water partition coefficient (Wildman–Crippen LogP) is 3.31. The van der Waals surface area contributed by atoms with E-state index in [9.17, 15) is 9.90 Å². The van der Waals surface area contributed by atoms with Crippen molar-refractivity contribution in [2.75, 3.05) is 13.7 Å². The fourth-order valence-electron chi connectivity index (χ4n) is 2.73. The highest BCUT2D eigenvalue weighted by atomic mass is 32.1. The van der Waals surface area contributed by atoms with Gasteiger partial charge in [0.2, 0.25) is 0 Å². The summed E-state index contributed by atoms with van der Waals surface area (Å²) in [6.07, 6.45) is 2.86. The average molecular weight is 331 g/mol. The van der Waals surface area contributed by atoms with Crippen molar-refractivity contribution in [2.45, 2.75) is 25.3 Å². The van der Waals surface area contributed by atoms with Crippen LogP contribution in [-0.4, -0.2) is 30.8 Å². The molecule has 0 bridgehead atoms. The Bertz CT molecular complexity index is 664. The fraction of sp³-hybridized carbons (Fsp3) is 0.389. The molecule has 0 spiro atoms. The minimum atomic E-state index is -0.112. The maximum atomic E-state index is 12.6. The second-order valence-corrected chi connectivity index (χ2v) is 6.86. The van der Waals surface area contributed by atoms with Crippen LogP contribution in [-0.2, 0) is 0 Å². The Hall–Kier alpha value is -1.85. The molecule has 1 unspecified atom stereocenters. The van der Waals surface area contributed by atoms with E-state index in [-0.39, 0.29) is 18.6 Å². The zero-order chi connectivity index (χ0) is 16.2. The Balaban J connectivity index is 1.80. The molecule has 1 amide bonds. The summed E-state index contributed by atoms with van der Waals surface area (Å²) in [5.74, 6) is 0.995. The van der Waals surface area contributed by atoms with Crippen molar-refractivity contribution in [3.05, 3.63) is 41.3 Å². The first-order valence-corrected chi connectivity index (χ1v) is 8.69. The number of carbonyl (C=O) groups is 1. The van der Waals surface area contributed by atoms with Crippen LogP contribution < -0.4 is 10.1 Å². The molecule has 2 N–H and O–H groups in total. The molecule has 1 aliphatic carbocycles. The van der Waals surface area contributed by atoms with E-state index < -0.39 is 0 Å². The van der Waals surface area contributed by atoms with E-state index in [2.05, 4.69) is 5.32 Å². The van der Waals surface area contributed by atoms with Crippen LogP contribution in [0.4, 0.5) is 0 Å². The number of aliphatic hydroxyl groups is 1. The number of hydrogen-bond acceptors (Lipinski definition) is 4. The van der Waals surface area contributed by atoms with Crippen LogP contribution in [0.3, 0.4) is 0 Å². The van der Waals surface area contributed by atoms with E-state index in [0.717, 1.165) is 23.3 Å². The Morgan fingerprint density at radius 2 is 2.13 bits per heavy atom. The molecule has 0 aliphatic heterocycles. The quantitative estimate of drug-likeness (QED) is 0.818. The average Bonchev–Trinajstić information content (AvgIpc) is 3.33. The lowest BCUT2D eigenvalue weighted by molar-refractivity contribution is 0.0925. The number of hydrogen-bond donors (Lipinski definition) is 2. The molecule has 3 rings (SSSR count). The number of rotatable bonds is 7. The SMILES string of the molecule is COc1cc(-c2ccccc2)sc1C(=O)NC(CCO)C1CC1. The van der Waals surface area contributed by atoms with Gasteiger partial charge in [-0.05, 0) is 36.8 Å². The molecule has 1 heterocycles. The third kappa shape index (κ3) is 3.74. The molecule has 1 saturated carbocycles. The smallest absolute Gasteiger partial charge is 0.265 e. The van der Waals surface area contributed by atoms with Crippen LogP contribution in [0.15, 0.2) is 36.4 Å². The van der Waals surface area contributed by atoms with Gasteiger partial charge in [0.25, 0.3) is 5.91 Å². The second-order valence-electron chi connectivity index (χ2n) is 5.80. The number of carbonyl (C=O) groups excluding carboxylic acids is 1. The van der Waals surface area contributed by atoms with Gasteiger partial charge in [-0.15, -0.1) is 11.3 Å². The molecule has 1 aromatic carbocycles. The highest BCUT2D eigenvalue weighted by Crippen LogP contribution is 2.37. The number of ether oxygens (including phenoxy) is 1. The molecular formula is C18H21NO3S. The number of aliphatic hydroxyl groups excluding tert-OH is 1. The van der Waals surface area contributed by atoms with Crippen molar-refractivity contribution in [3.63, 3.8) is 0 Å². The lowest BCUT2D eigenvalue weighted by atomic mass is 10.1. The fourth-order valence-corrected chi connectivity index (χ4v) is 3.76. The largest absolute Gasteiger partial charge is 0.495 e. The first kappa shape index (κ1) is 16.0. The summed E-state index contributed by atoms with van der Waals surface area (Å²) < 4.78 is 5.39. The van der Waals surface area contributed by atoms with Crippen molar-refractivity contribution in [2.24, 2.45) is 5.92 Å². The van der Waals surface area contributed by atoms with Gasteiger partial charge in [-0.3, -0.25) is 4.79 Å². The van der Waals surface area contributed by atoms with Crippen LogP contribution in [0, 0.1) is 5.92 Å². The molecule has 5 heteroatoms. The van der Waals surface area contributed by atoms with Gasteiger partial charge in [0.05, 0.1) is 7.11 Å². The van der Waals surface area contributed by atoms with Crippen LogP contribution >= 0.6 is 11.3 Å². The first-order chi connectivity index (χ1) is 11.2. The summed E-state index contributed by atoms with van der Waals surface area (Å²) in [7, 11) is 1.58. The minimum absolute atomic E-state index is 0.0551. The maximum Gasteiger partial charge on any atom is 0.265 e. The van der Waals surface area contributed by atoms with Crippen molar-refractivity contribution < 1.29 is 14.6 Å². The van der Waals surface area contributed by atoms with Crippen LogP contribution in [0.5, 0.6) is 5.75 Å². The molecule has 1 atom stereocenters. The Morgan fingerprint density at radius 3 is 2.74 bits per heavy atom. The molecule has 23 heavy (non-hydrogen) atoms. The van der Waals surface area contributed by atoms with Crippen LogP contribution in [0.2, 0.25) is 0 Å². The van der Waals surface area contributed by atoms with Gasteiger partial charge in [-0.1, -0.05) is 30.3 Å². The third-order valence-electron chi connectivity index (χ3n) is 4.13. The Morgan fingerprint density at radius 1 is 1.39 bits per heavy atom. The van der Waals surface area contributed by atoms with Gasteiger partial charge in [0.1, 0.15) is 10.6 Å². The number of thiophene rings is 1. The summed E-state index contributed by atoms with van der Waals surface area (Å²) in [6, 6.07) is 11.9. The molecule has 4 nitrogen and oxygen atoms in total. The van der Waals surface area contributed by atoms with E-state index >= 15 is 0 Å². The third-order valence-corrected chi connectivity index (χ3v) is 5.29. The summed E-state index contributed by atoms with van der Waals surface area (Å²) in [5.41, 5.74) is 1.07. The van der Waals surface area contributed by atoms with E-state index in [0.29, 0.717) is 23.0 Å². The second kappa shape index (κ2) is 7.15. The highest BCUT2D eigenvalue weighted by Gasteiger charge is 2.32. The molecule has 1 fully saturated rings. The normalized spacial score (nSPS) is 15.2. The first-order valence-electron chi connectivity index (χ1n) is 7.88. The van der Waals surface area contributed by atoms with Crippen molar-refractivity contribution >= 4 is 17.2 Å². The monoisotopic (exact) mass is 331 g/mol. The number of benzene rings is 1. The molecule has 1 aliphatic rings. The van der Waals surface area contributed by atoms with Crippen LogP contribution in [0.1, 0.15) is 28.9 Å². The molecule has 122 valence electrons.